The van der Waals surface area contributed by atoms with Crippen LogP contribution in [0, 0.1) is 0 Å². The maximum atomic E-state index is 10.7. The van der Waals surface area contributed by atoms with Crippen molar-refractivity contribution in [1.29, 1.82) is 0 Å². The van der Waals surface area contributed by atoms with Gasteiger partial charge in [0.25, 0.3) is 0 Å². The number of rotatable bonds is 9. The van der Waals surface area contributed by atoms with Gasteiger partial charge in [0.05, 0.1) is 0 Å². The lowest BCUT2D eigenvalue weighted by atomic mass is 10.1. The molecule has 0 heterocycles. The average molecular weight is 486 g/mol. The van der Waals surface area contributed by atoms with Crippen LogP contribution in [0.3, 0.4) is 0 Å². The number of aliphatic carboxylic acids is 1. The van der Waals surface area contributed by atoms with Gasteiger partial charge in [0.2, 0.25) is 0 Å². The molecule has 3 rings (SSSR count). The summed E-state index contributed by atoms with van der Waals surface area (Å²) < 4.78 is 2.39. The number of benzene rings is 3. The lowest BCUT2D eigenvalue weighted by Crippen LogP contribution is -3.00. The molecule has 3 aromatic carbocycles. The molecule has 0 radical (unpaired) electrons. The summed E-state index contributed by atoms with van der Waals surface area (Å²) in [6.45, 7) is 0. The van der Waals surface area contributed by atoms with Crippen molar-refractivity contribution in [1.82, 2.24) is 4.67 Å². The molecule has 0 amide bonds. The van der Waals surface area contributed by atoms with Gasteiger partial charge in [0.15, 0.2) is 7.41 Å². The molecule has 0 aliphatic carbocycles. The van der Waals surface area contributed by atoms with Crippen LogP contribution in [0.4, 0.5) is 0 Å². The van der Waals surface area contributed by atoms with E-state index in [0.29, 0.717) is 0 Å². The van der Waals surface area contributed by atoms with Gasteiger partial charge in [0, 0.05) is 20.5 Å². The van der Waals surface area contributed by atoms with E-state index in [2.05, 4.69) is 104 Å². The average Bonchev–Trinajstić information content (AvgIpc) is 2.74. The molecular weight excluding hydrogens is 457 g/mol. The molecule has 0 atom stereocenters. The Balaban J connectivity index is 0.00000320. The van der Waals surface area contributed by atoms with Crippen molar-refractivity contribution < 1.29 is 26.9 Å². The van der Waals surface area contributed by atoms with E-state index in [0.717, 1.165) is 19.3 Å². The summed E-state index contributed by atoms with van der Waals surface area (Å²) in [5.74, 6) is -0.716. The molecule has 30 heavy (non-hydrogen) atoms. The standard InChI is InChI=1S/C25H28NO2P.BrH/c1-26(2)29(22-12-5-3-6-13-22,23-14-7-4-8-15-23)24-19-17-21(18-20-24)11-9-10-16-25(27)28;/h3-8,12-15,17-20H,9-11,16H2,1-2H3;1H. The molecule has 0 aliphatic rings. The van der Waals surface area contributed by atoms with Crippen LogP contribution in [0.2, 0.25) is 0 Å². The minimum absolute atomic E-state index is 0. The molecule has 0 saturated heterocycles. The van der Waals surface area contributed by atoms with Crippen LogP contribution in [-0.4, -0.2) is 29.8 Å². The van der Waals surface area contributed by atoms with Gasteiger partial charge < -0.3 is 22.1 Å². The van der Waals surface area contributed by atoms with Crippen LogP contribution >= 0.6 is 7.41 Å². The Hall–Kier alpha value is -2.00. The third-order valence-corrected chi connectivity index (χ3v) is 9.61. The quantitative estimate of drug-likeness (QED) is 0.366. The number of hydrogen-bond acceptors (Lipinski definition) is 2. The Bertz CT molecular complexity index is 875. The smallest absolute Gasteiger partial charge is 0.303 e. The van der Waals surface area contributed by atoms with Crippen LogP contribution < -0.4 is 32.9 Å². The molecule has 3 aromatic rings. The van der Waals surface area contributed by atoms with Crippen LogP contribution in [0.1, 0.15) is 24.8 Å². The van der Waals surface area contributed by atoms with E-state index in [1.807, 2.05) is 0 Å². The summed E-state index contributed by atoms with van der Waals surface area (Å²) in [4.78, 5) is 10.7. The van der Waals surface area contributed by atoms with Gasteiger partial charge in [0.1, 0.15) is 15.9 Å². The molecule has 0 aliphatic heterocycles. The molecule has 5 heteroatoms. The van der Waals surface area contributed by atoms with Crippen molar-refractivity contribution in [2.45, 2.75) is 25.7 Å². The van der Waals surface area contributed by atoms with Gasteiger partial charge in [-0.1, -0.05) is 48.5 Å². The lowest BCUT2D eigenvalue weighted by molar-refractivity contribution is -0.137. The first-order chi connectivity index (χ1) is 14.0. The molecule has 158 valence electrons. The minimum Gasteiger partial charge on any atom is -1.00 e. The van der Waals surface area contributed by atoms with E-state index in [1.54, 1.807) is 0 Å². The fourth-order valence-corrected chi connectivity index (χ4v) is 7.98. The van der Waals surface area contributed by atoms with Crippen LogP contribution in [0.5, 0.6) is 0 Å². The Kier molecular flexibility index (Phi) is 9.23. The van der Waals surface area contributed by atoms with Crippen LogP contribution in [0.15, 0.2) is 84.9 Å². The summed E-state index contributed by atoms with van der Waals surface area (Å²) >= 11 is 0. The molecule has 0 saturated carbocycles. The van der Waals surface area contributed by atoms with Crippen molar-refractivity contribution in [2.24, 2.45) is 0 Å². The molecule has 0 fully saturated rings. The Morgan fingerprint density at radius 3 is 1.67 bits per heavy atom. The third kappa shape index (κ3) is 5.37. The fourth-order valence-electron chi connectivity index (χ4n) is 3.91. The number of carboxylic acid groups (broad SMARTS) is 1. The monoisotopic (exact) mass is 485 g/mol. The first kappa shape index (κ1) is 24.3. The Morgan fingerprint density at radius 2 is 1.23 bits per heavy atom. The largest absolute Gasteiger partial charge is 1.00 e. The molecule has 1 N–H and O–H groups in total. The number of aryl methyl sites for hydroxylation is 1. The second kappa shape index (κ2) is 11.4. The lowest BCUT2D eigenvalue weighted by Gasteiger charge is -2.32. The number of unbranched alkanes of at least 4 members (excludes halogenated alkanes) is 1. The molecule has 0 unspecified atom stereocenters. The fraction of sp³-hybridized carbons (Fsp3) is 0.240. The predicted octanol–water partition coefficient (Wildman–Crippen LogP) is 1.26. The van der Waals surface area contributed by atoms with Gasteiger partial charge in [-0.05, 0) is 61.2 Å². The van der Waals surface area contributed by atoms with Crippen molar-refractivity contribution in [3.63, 3.8) is 0 Å². The minimum atomic E-state index is -1.93. The number of carbonyl (C=O) groups is 1. The molecular formula is C25H29BrNO2P. The number of halogens is 1. The van der Waals surface area contributed by atoms with Gasteiger partial charge in [-0.25, -0.2) is 0 Å². The molecule has 0 aromatic heterocycles. The van der Waals surface area contributed by atoms with Crippen molar-refractivity contribution in [2.75, 3.05) is 14.1 Å². The highest BCUT2D eigenvalue weighted by molar-refractivity contribution is 7.93. The van der Waals surface area contributed by atoms with E-state index in [1.165, 1.54) is 21.5 Å². The number of hydrogen-bond donors (Lipinski definition) is 1. The van der Waals surface area contributed by atoms with Gasteiger partial charge in [-0.2, -0.15) is 4.67 Å². The summed E-state index contributed by atoms with van der Waals surface area (Å²) in [6.07, 6.45) is 2.78. The molecule has 3 nitrogen and oxygen atoms in total. The SMILES string of the molecule is CN(C)[P+](c1ccccc1)(c1ccccc1)c1ccc(CCCCC(=O)O)cc1.[Br-]. The maximum Gasteiger partial charge on any atom is 0.303 e. The third-order valence-electron chi connectivity index (χ3n) is 5.28. The van der Waals surface area contributed by atoms with Gasteiger partial charge in [-0.15, -0.1) is 0 Å². The summed E-state index contributed by atoms with van der Waals surface area (Å²) in [5, 5.41) is 12.8. The molecule has 0 bridgehead atoms. The Labute approximate surface area is 190 Å². The van der Waals surface area contributed by atoms with E-state index >= 15 is 0 Å². The highest BCUT2D eigenvalue weighted by atomic mass is 79.9. The second-order valence-electron chi connectivity index (χ2n) is 7.42. The predicted molar refractivity (Wildman–Crippen MR) is 124 cm³/mol. The van der Waals surface area contributed by atoms with E-state index < -0.39 is 13.4 Å². The zero-order valence-corrected chi connectivity index (χ0v) is 20.0. The van der Waals surface area contributed by atoms with E-state index in [9.17, 15) is 4.79 Å². The summed E-state index contributed by atoms with van der Waals surface area (Å²) in [5.41, 5.74) is 1.26. The zero-order chi connectivity index (χ0) is 20.7. The highest BCUT2D eigenvalue weighted by Crippen LogP contribution is 2.56. The summed E-state index contributed by atoms with van der Waals surface area (Å²) in [7, 11) is 2.41. The Morgan fingerprint density at radius 1 is 0.767 bits per heavy atom. The van der Waals surface area contributed by atoms with Gasteiger partial charge >= 0.3 is 5.97 Å². The van der Waals surface area contributed by atoms with Crippen LogP contribution in [-0.2, 0) is 11.2 Å². The number of carboxylic acids is 1. The van der Waals surface area contributed by atoms with E-state index in [-0.39, 0.29) is 23.4 Å². The van der Waals surface area contributed by atoms with Crippen molar-refractivity contribution >= 4 is 29.3 Å². The highest BCUT2D eigenvalue weighted by Gasteiger charge is 2.48. The molecule has 0 spiro atoms. The first-order valence-electron chi connectivity index (χ1n) is 10.0. The summed E-state index contributed by atoms with van der Waals surface area (Å²) in [6, 6.07) is 30.5. The van der Waals surface area contributed by atoms with Gasteiger partial charge in [-0.3, -0.25) is 4.79 Å². The number of nitrogens with zero attached hydrogens (tertiary/aromatic N) is 1. The second-order valence-corrected chi connectivity index (χ2v) is 11.0. The topological polar surface area (TPSA) is 40.5 Å². The zero-order valence-electron chi connectivity index (χ0n) is 17.5. The van der Waals surface area contributed by atoms with Crippen molar-refractivity contribution in [3.05, 3.63) is 90.5 Å². The maximum absolute atomic E-state index is 10.7. The van der Waals surface area contributed by atoms with E-state index in [4.69, 9.17) is 5.11 Å². The van der Waals surface area contributed by atoms with Crippen molar-refractivity contribution in [3.8, 4) is 0 Å². The van der Waals surface area contributed by atoms with Crippen LogP contribution in [0.25, 0.3) is 0 Å². The normalized spacial score (nSPS) is 11.2. The first-order valence-corrected chi connectivity index (χ1v) is 11.8.